The van der Waals surface area contributed by atoms with Crippen LogP contribution in [-0.4, -0.2) is 11.0 Å². The average molecular weight is 216 g/mol. The molecule has 1 fully saturated rings. The molecule has 1 aromatic rings. The summed E-state index contributed by atoms with van der Waals surface area (Å²) in [6, 6.07) is 5.12. The summed E-state index contributed by atoms with van der Waals surface area (Å²) in [6.45, 7) is 2.27. The first kappa shape index (κ1) is 10.1. The molecule has 1 aromatic heterocycles. The first-order valence-corrected chi connectivity index (χ1v) is 6.62. The van der Waals surface area contributed by atoms with Gasteiger partial charge in [-0.1, -0.05) is 19.4 Å². The Labute approximate surface area is 97.5 Å². The second-order valence-electron chi connectivity index (χ2n) is 5.19. The first-order chi connectivity index (χ1) is 7.86. The molecule has 0 aliphatic heterocycles. The van der Waals surface area contributed by atoms with Crippen LogP contribution in [0.5, 0.6) is 0 Å². The van der Waals surface area contributed by atoms with Gasteiger partial charge >= 0.3 is 0 Å². The molecule has 2 aliphatic carbocycles. The van der Waals surface area contributed by atoms with Crippen molar-refractivity contribution < 1.29 is 0 Å². The Balaban J connectivity index is 1.63. The lowest BCUT2D eigenvalue weighted by Gasteiger charge is -2.06. The van der Waals surface area contributed by atoms with Crippen molar-refractivity contribution in [3.63, 3.8) is 0 Å². The third-order valence-electron chi connectivity index (χ3n) is 3.84. The van der Waals surface area contributed by atoms with Gasteiger partial charge in [-0.05, 0) is 49.7 Å². The van der Waals surface area contributed by atoms with Crippen LogP contribution in [0, 0.1) is 5.92 Å². The molecule has 2 unspecified atom stereocenters. The Hall–Kier alpha value is -1.05. The lowest BCUT2D eigenvalue weighted by molar-refractivity contribution is 0.692. The van der Waals surface area contributed by atoms with Crippen molar-refractivity contribution in [2.24, 2.45) is 5.92 Å². The fraction of sp³-hybridized carbons (Fsp3) is 0.643. The Morgan fingerprint density at radius 1 is 1.38 bits per heavy atom. The smallest absolute Gasteiger partial charge is 0.126 e. The predicted octanol–water partition coefficient (Wildman–Crippen LogP) is 3.17. The molecule has 0 spiro atoms. The minimum atomic E-state index is 0.701. The van der Waals surface area contributed by atoms with Crippen LogP contribution in [0.2, 0.25) is 0 Å². The molecule has 0 radical (unpaired) electrons. The van der Waals surface area contributed by atoms with Crippen LogP contribution in [0.3, 0.4) is 0 Å². The zero-order chi connectivity index (χ0) is 11.0. The quantitative estimate of drug-likeness (QED) is 0.836. The number of nitrogens with one attached hydrogen (secondary N) is 1. The normalized spacial score (nSPS) is 26.6. The number of fused-ring (bicyclic) bond motifs is 1. The van der Waals surface area contributed by atoms with E-state index in [1.807, 2.05) is 0 Å². The SMILES string of the molecule is CCCC1CC1Nc1ccc2c(n1)CCC2. The van der Waals surface area contributed by atoms with E-state index in [2.05, 4.69) is 24.4 Å². The van der Waals surface area contributed by atoms with E-state index >= 15 is 0 Å². The highest BCUT2D eigenvalue weighted by Crippen LogP contribution is 2.37. The van der Waals surface area contributed by atoms with Crippen molar-refractivity contribution in [2.75, 3.05) is 5.32 Å². The fourth-order valence-electron chi connectivity index (χ4n) is 2.81. The topological polar surface area (TPSA) is 24.9 Å². The van der Waals surface area contributed by atoms with Crippen molar-refractivity contribution in [3.8, 4) is 0 Å². The van der Waals surface area contributed by atoms with Crippen molar-refractivity contribution in [2.45, 2.75) is 51.5 Å². The molecule has 0 saturated heterocycles. The molecule has 0 bridgehead atoms. The lowest BCUT2D eigenvalue weighted by atomic mass is 10.2. The monoisotopic (exact) mass is 216 g/mol. The molecule has 2 aliphatic rings. The van der Waals surface area contributed by atoms with Gasteiger partial charge in [0.05, 0.1) is 0 Å². The summed E-state index contributed by atoms with van der Waals surface area (Å²) in [5.41, 5.74) is 2.80. The maximum absolute atomic E-state index is 4.72. The zero-order valence-electron chi connectivity index (χ0n) is 10.00. The number of anilines is 1. The summed E-state index contributed by atoms with van der Waals surface area (Å²) in [5, 5.41) is 3.57. The van der Waals surface area contributed by atoms with Gasteiger partial charge in [0.15, 0.2) is 0 Å². The summed E-state index contributed by atoms with van der Waals surface area (Å²) < 4.78 is 0. The highest BCUT2D eigenvalue weighted by atomic mass is 15.1. The summed E-state index contributed by atoms with van der Waals surface area (Å²) in [4.78, 5) is 4.72. The van der Waals surface area contributed by atoms with E-state index in [0.29, 0.717) is 6.04 Å². The van der Waals surface area contributed by atoms with E-state index in [9.17, 15) is 0 Å². The molecule has 3 rings (SSSR count). The van der Waals surface area contributed by atoms with Crippen molar-refractivity contribution in [1.29, 1.82) is 0 Å². The molecule has 86 valence electrons. The van der Waals surface area contributed by atoms with Crippen LogP contribution in [-0.2, 0) is 12.8 Å². The Morgan fingerprint density at radius 2 is 2.31 bits per heavy atom. The van der Waals surface area contributed by atoms with Gasteiger partial charge in [0.1, 0.15) is 5.82 Å². The van der Waals surface area contributed by atoms with Crippen LogP contribution in [0.15, 0.2) is 12.1 Å². The number of hydrogen-bond donors (Lipinski definition) is 1. The molecule has 2 atom stereocenters. The van der Waals surface area contributed by atoms with Gasteiger partial charge in [-0.2, -0.15) is 0 Å². The van der Waals surface area contributed by atoms with Crippen LogP contribution in [0.1, 0.15) is 43.9 Å². The highest BCUT2D eigenvalue weighted by Gasteiger charge is 2.36. The number of nitrogens with zero attached hydrogens (tertiary/aromatic N) is 1. The summed E-state index contributed by atoms with van der Waals surface area (Å²) in [5.74, 6) is 2.00. The summed E-state index contributed by atoms with van der Waals surface area (Å²) >= 11 is 0. The number of aryl methyl sites for hydroxylation is 2. The number of pyridine rings is 1. The molecule has 2 nitrogen and oxygen atoms in total. The van der Waals surface area contributed by atoms with Gasteiger partial charge in [0.25, 0.3) is 0 Å². The molecule has 2 heteroatoms. The fourth-order valence-corrected chi connectivity index (χ4v) is 2.81. The second kappa shape index (κ2) is 4.08. The molecule has 0 amide bonds. The zero-order valence-corrected chi connectivity index (χ0v) is 10.00. The first-order valence-electron chi connectivity index (χ1n) is 6.62. The number of rotatable bonds is 4. The van der Waals surface area contributed by atoms with Crippen LogP contribution in [0.25, 0.3) is 0 Å². The van der Waals surface area contributed by atoms with Crippen molar-refractivity contribution >= 4 is 5.82 Å². The largest absolute Gasteiger partial charge is 0.367 e. The van der Waals surface area contributed by atoms with E-state index in [0.717, 1.165) is 11.7 Å². The van der Waals surface area contributed by atoms with Crippen LogP contribution in [0.4, 0.5) is 5.82 Å². The molecule has 1 N–H and O–H groups in total. The van der Waals surface area contributed by atoms with Crippen LogP contribution >= 0.6 is 0 Å². The van der Waals surface area contributed by atoms with Gasteiger partial charge in [-0.15, -0.1) is 0 Å². The number of hydrogen-bond acceptors (Lipinski definition) is 2. The van der Waals surface area contributed by atoms with E-state index in [4.69, 9.17) is 4.98 Å². The Bertz CT molecular complexity index is 386. The minimum absolute atomic E-state index is 0.701. The van der Waals surface area contributed by atoms with Crippen LogP contribution < -0.4 is 5.32 Å². The minimum Gasteiger partial charge on any atom is -0.367 e. The van der Waals surface area contributed by atoms with Gasteiger partial charge in [-0.3, -0.25) is 0 Å². The van der Waals surface area contributed by atoms with E-state index in [-0.39, 0.29) is 0 Å². The standard InChI is InChI=1S/C14H20N2/c1-2-4-11-9-13(11)16-14-8-7-10-5-3-6-12(10)15-14/h7-8,11,13H,2-6,9H2,1H3,(H,15,16). The Morgan fingerprint density at radius 3 is 3.19 bits per heavy atom. The van der Waals surface area contributed by atoms with E-state index < -0.39 is 0 Å². The van der Waals surface area contributed by atoms with Gasteiger partial charge in [0.2, 0.25) is 0 Å². The second-order valence-corrected chi connectivity index (χ2v) is 5.19. The third-order valence-corrected chi connectivity index (χ3v) is 3.84. The molecule has 0 aromatic carbocycles. The molecule has 1 saturated carbocycles. The third kappa shape index (κ3) is 1.93. The lowest BCUT2D eigenvalue weighted by Crippen LogP contribution is -2.07. The van der Waals surface area contributed by atoms with E-state index in [1.165, 1.54) is 49.8 Å². The summed E-state index contributed by atoms with van der Waals surface area (Å²) in [7, 11) is 0. The van der Waals surface area contributed by atoms with E-state index in [1.54, 1.807) is 0 Å². The highest BCUT2D eigenvalue weighted by molar-refractivity contribution is 5.42. The molecule has 16 heavy (non-hydrogen) atoms. The maximum atomic E-state index is 4.72. The summed E-state index contributed by atoms with van der Waals surface area (Å²) in [6.07, 6.45) is 7.70. The average Bonchev–Trinajstić information content (AvgIpc) is 2.85. The van der Waals surface area contributed by atoms with Gasteiger partial charge in [0, 0.05) is 11.7 Å². The van der Waals surface area contributed by atoms with Crippen molar-refractivity contribution in [3.05, 3.63) is 23.4 Å². The van der Waals surface area contributed by atoms with Gasteiger partial charge < -0.3 is 5.32 Å². The number of aromatic nitrogens is 1. The predicted molar refractivity (Wildman–Crippen MR) is 66.7 cm³/mol. The maximum Gasteiger partial charge on any atom is 0.126 e. The molecule has 1 heterocycles. The molecular weight excluding hydrogens is 196 g/mol. The Kier molecular flexibility index (Phi) is 2.58. The van der Waals surface area contributed by atoms with Gasteiger partial charge in [-0.25, -0.2) is 4.98 Å². The molecular formula is C14H20N2. The van der Waals surface area contributed by atoms with Crippen molar-refractivity contribution in [1.82, 2.24) is 4.98 Å².